The van der Waals surface area contributed by atoms with Gasteiger partial charge in [0.2, 0.25) is 0 Å². The third-order valence-electron chi connectivity index (χ3n) is 2.61. The second kappa shape index (κ2) is 7.98. The molecule has 0 aliphatic heterocycles. The minimum absolute atomic E-state index is 0.0794. The summed E-state index contributed by atoms with van der Waals surface area (Å²) in [5.74, 6) is -2.34. The molecule has 0 aromatic heterocycles. The molecule has 10 heteroatoms. The highest BCUT2D eigenvalue weighted by Crippen LogP contribution is 2.13. The van der Waals surface area contributed by atoms with Crippen LogP contribution in [-0.4, -0.2) is 32.0 Å². The van der Waals surface area contributed by atoms with Crippen LogP contribution in [0.2, 0.25) is 0 Å². The highest BCUT2D eigenvalue weighted by Gasteiger charge is 2.09. The normalized spacial score (nSPS) is 9.33. The third-order valence-corrected chi connectivity index (χ3v) is 2.61. The van der Waals surface area contributed by atoms with Crippen molar-refractivity contribution < 1.29 is 29.6 Å². The SMILES string of the molecule is O=C(O)c1cccc([N+](=O)[O-])c1.O=C(O)c1cccc([N+](=O)[O-])c1. The first kappa shape index (κ1) is 18.2. The van der Waals surface area contributed by atoms with Crippen molar-refractivity contribution in [2.45, 2.75) is 0 Å². The Morgan fingerprint density at radius 1 is 0.750 bits per heavy atom. The number of aromatic carboxylic acids is 2. The van der Waals surface area contributed by atoms with Crippen molar-refractivity contribution in [3.05, 3.63) is 79.9 Å². The average molecular weight is 334 g/mol. The molecule has 2 aromatic carbocycles. The topological polar surface area (TPSA) is 161 Å². The molecule has 2 rings (SSSR count). The first-order chi connectivity index (χ1) is 11.2. The summed E-state index contributed by atoms with van der Waals surface area (Å²) in [4.78, 5) is 39.8. The monoisotopic (exact) mass is 334 g/mol. The minimum atomic E-state index is -1.17. The first-order valence-corrected chi connectivity index (χ1v) is 6.18. The predicted octanol–water partition coefficient (Wildman–Crippen LogP) is 2.59. The van der Waals surface area contributed by atoms with Crippen LogP contribution >= 0.6 is 0 Å². The van der Waals surface area contributed by atoms with Crippen LogP contribution in [-0.2, 0) is 0 Å². The number of nitro groups is 2. The molecule has 0 aliphatic rings. The van der Waals surface area contributed by atoms with E-state index in [1.807, 2.05) is 0 Å². The van der Waals surface area contributed by atoms with Crippen LogP contribution in [0.1, 0.15) is 20.7 Å². The van der Waals surface area contributed by atoms with Crippen LogP contribution in [0.5, 0.6) is 0 Å². The van der Waals surface area contributed by atoms with E-state index < -0.39 is 21.8 Å². The van der Waals surface area contributed by atoms with E-state index >= 15 is 0 Å². The van der Waals surface area contributed by atoms with Crippen LogP contribution in [0.15, 0.2) is 48.5 Å². The van der Waals surface area contributed by atoms with Crippen molar-refractivity contribution in [3.63, 3.8) is 0 Å². The van der Waals surface area contributed by atoms with Gasteiger partial charge in [-0.3, -0.25) is 20.2 Å². The zero-order chi connectivity index (χ0) is 18.3. The van der Waals surface area contributed by atoms with Gasteiger partial charge in [0.05, 0.1) is 21.0 Å². The van der Waals surface area contributed by atoms with Gasteiger partial charge in [0.15, 0.2) is 0 Å². The second-order valence-electron chi connectivity index (χ2n) is 4.23. The number of rotatable bonds is 4. The van der Waals surface area contributed by atoms with Crippen molar-refractivity contribution in [1.29, 1.82) is 0 Å². The highest BCUT2D eigenvalue weighted by molar-refractivity contribution is 5.88. The summed E-state index contributed by atoms with van der Waals surface area (Å²) in [6.07, 6.45) is 0. The lowest BCUT2D eigenvalue weighted by atomic mass is 10.2. The predicted molar refractivity (Wildman–Crippen MR) is 80.1 cm³/mol. The number of hydrogen-bond acceptors (Lipinski definition) is 6. The maximum absolute atomic E-state index is 10.4. The maximum Gasteiger partial charge on any atom is 0.335 e. The highest BCUT2D eigenvalue weighted by atomic mass is 16.6. The third kappa shape index (κ3) is 5.18. The summed E-state index contributed by atoms with van der Waals surface area (Å²) in [5.41, 5.74) is -0.585. The summed E-state index contributed by atoms with van der Waals surface area (Å²) in [5, 5.41) is 37.3. The lowest BCUT2D eigenvalue weighted by Crippen LogP contribution is -1.97. The van der Waals surface area contributed by atoms with Crippen molar-refractivity contribution >= 4 is 23.3 Å². The van der Waals surface area contributed by atoms with Gasteiger partial charge in [-0.05, 0) is 12.1 Å². The van der Waals surface area contributed by atoms with Crippen LogP contribution in [0, 0.1) is 20.2 Å². The van der Waals surface area contributed by atoms with Crippen molar-refractivity contribution in [2.24, 2.45) is 0 Å². The van der Waals surface area contributed by atoms with Crippen molar-refractivity contribution in [1.82, 2.24) is 0 Å². The number of carbonyl (C=O) groups is 2. The molecular formula is C14H10N2O8. The number of hydrogen-bond donors (Lipinski definition) is 2. The van der Waals surface area contributed by atoms with E-state index in [2.05, 4.69) is 0 Å². The number of carboxylic acids is 2. The van der Waals surface area contributed by atoms with Crippen LogP contribution in [0.4, 0.5) is 11.4 Å². The second-order valence-corrected chi connectivity index (χ2v) is 4.23. The zero-order valence-electron chi connectivity index (χ0n) is 11.9. The summed E-state index contributed by atoms with van der Waals surface area (Å²) >= 11 is 0. The molecule has 0 radical (unpaired) electrons. The molecule has 0 saturated carbocycles. The fourth-order valence-corrected chi connectivity index (χ4v) is 1.51. The van der Waals surface area contributed by atoms with Gasteiger partial charge >= 0.3 is 11.9 Å². The molecule has 0 amide bonds. The van der Waals surface area contributed by atoms with E-state index in [1.54, 1.807) is 0 Å². The molecule has 0 unspecified atom stereocenters. The van der Waals surface area contributed by atoms with Crippen molar-refractivity contribution in [3.8, 4) is 0 Å². The van der Waals surface area contributed by atoms with Crippen molar-refractivity contribution in [2.75, 3.05) is 0 Å². The van der Waals surface area contributed by atoms with Gasteiger partial charge in [0.1, 0.15) is 0 Å². The standard InChI is InChI=1S/2C7H5NO4/c2*9-7(10)5-2-1-3-6(4-5)8(11)12/h2*1-4H,(H,9,10). The molecule has 0 fully saturated rings. The maximum atomic E-state index is 10.4. The van der Waals surface area contributed by atoms with E-state index in [9.17, 15) is 29.8 Å². The molecule has 0 aliphatic carbocycles. The Morgan fingerprint density at radius 2 is 1.08 bits per heavy atom. The molecule has 0 bridgehead atoms. The molecule has 0 saturated heterocycles. The van der Waals surface area contributed by atoms with Crippen LogP contribution in [0.25, 0.3) is 0 Å². The zero-order valence-corrected chi connectivity index (χ0v) is 11.9. The number of carboxylic acid groups (broad SMARTS) is 2. The Morgan fingerprint density at radius 3 is 1.33 bits per heavy atom. The molecule has 2 N–H and O–H groups in total. The lowest BCUT2D eigenvalue weighted by Gasteiger charge is -1.92. The van der Waals surface area contributed by atoms with E-state index in [0.717, 1.165) is 12.1 Å². The molecule has 24 heavy (non-hydrogen) atoms. The van der Waals surface area contributed by atoms with Gasteiger partial charge in [-0.2, -0.15) is 0 Å². The smallest absolute Gasteiger partial charge is 0.335 e. The van der Waals surface area contributed by atoms with E-state index in [0.29, 0.717) is 0 Å². The number of benzene rings is 2. The number of non-ortho nitro benzene ring substituents is 2. The van der Waals surface area contributed by atoms with E-state index in [-0.39, 0.29) is 22.5 Å². The van der Waals surface area contributed by atoms with Gasteiger partial charge in [0.25, 0.3) is 11.4 Å². The quantitative estimate of drug-likeness (QED) is 0.636. The van der Waals surface area contributed by atoms with E-state index in [4.69, 9.17) is 10.2 Å². The molecule has 10 nitrogen and oxygen atoms in total. The Labute approximate surface area is 133 Å². The summed E-state index contributed by atoms with van der Waals surface area (Å²) in [7, 11) is 0. The van der Waals surface area contributed by atoms with E-state index in [1.165, 1.54) is 36.4 Å². The molecule has 0 heterocycles. The molecular weight excluding hydrogens is 324 g/mol. The van der Waals surface area contributed by atoms with Gasteiger partial charge in [-0.1, -0.05) is 12.1 Å². The number of nitro benzene ring substituents is 2. The van der Waals surface area contributed by atoms with Gasteiger partial charge in [-0.25, -0.2) is 9.59 Å². The molecule has 2 aromatic rings. The summed E-state index contributed by atoms with van der Waals surface area (Å²) in [6, 6.07) is 9.79. The lowest BCUT2D eigenvalue weighted by molar-refractivity contribution is -0.385. The Bertz CT molecular complexity index is 677. The Hall–Kier alpha value is -3.82. The minimum Gasteiger partial charge on any atom is -0.478 e. The van der Waals surface area contributed by atoms with Crippen LogP contribution < -0.4 is 0 Å². The number of nitrogens with zero attached hydrogens (tertiary/aromatic N) is 2. The fraction of sp³-hybridized carbons (Fsp3) is 0. The molecule has 0 spiro atoms. The van der Waals surface area contributed by atoms with Gasteiger partial charge in [0, 0.05) is 24.3 Å². The largest absolute Gasteiger partial charge is 0.478 e. The fourth-order valence-electron chi connectivity index (χ4n) is 1.51. The van der Waals surface area contributed by atoms with Gasteiger partial charge in [-0.15, -0.1) is 0 Å². The Balaban J connectivity index is 0.000000240. The molecule has 124 valence electrons. The Kier molecular flexibility index (Phi) is 6.06. The first-order valence-electron chi connectivity index (χ1n) is 6.18. The summed E-state index contributed by atoms with van der Waals surface area (Å²) < 4.78 is 0. The molecule has 0 atom stereocenters. The summed E-state index contributed by atoms with van der Waals surface area (Å²) in [6.45, 7) is 0. The van der Waals surface area contributed by atoms with Gasteiger partial charge < -0.3 is 10.2 Å². The van der Waals surface area contributed by atoms with Crippen LogP contribution in [0.3, 0.4) is 0 Å². The average Bonchev–Trinajstić information content (AvgIpc) is 2.55.